The molecule has 3 atom stereocenters. The minimum Gasteiger partial charge on any atom is -0.508 e. The fourth-order valence-corrected chi connectivity index (χ4v) is 4.29. The van der Waals surface area contributed by atoms with Gasteiger partial charge in [0.2, 0.25) is 5.91 Å². The number of hydrogen-bond donors (Lipinski definition) is 3. The van der Waals surface area contributed by atoms with Crippen LogP contribution in [0.4, 0.5) is 0 Å². The van der Waals surface area contributed by atoms with Gasteiger partial charge in [-0.05, 0) is 54.8 Å². The minimum atomic E-state index is -0.911. The van der Waals surface area contributed by atoms with E-state index in [1.54, 1.807) is 53.6 Å². The molecule has 2 aromatic carbocycles. The third-order valence-corrected chi connectivity index (χ3v) is 5.93. The Hall–Kier alpha value is -3.82. The molecular formula is C25H25N3O6. The number of benzene rings is 2. The summed E-state index contributed by atoms with van der Waals surface area (Å²) in [6.07, 6.45) is 2.52. The van der Waals surface area contributed by atoms with Gasteiger partial charge >= 0.3 is 5.97 Å². The predicted molar refractivity (Wildman–Crippen MR) is 123 cm³/mol. The zero-order valence-corrected chi connectivity index (χ0v) is 18.3. The number of phenolic OH excluding ortho intramolecular Hbond substituents is 1. The van der Waals surface area contributed by atoms with Crippen LogP contribution in [0.25, 0.3) is 10.9 Å². The Kier molecular flexibility index (Phi) is 6.85. The van der Waals surface area contributed by atoms with E-state index in [0.717, 1.165) is 16.5 Å². The highest BCUT2D eigenvalue weighted by atomic mass is 16.5. The first-order valence-electron chi connectivity index (χ1n) is 10.9. The Morgan fingerprint density at radius 1 is 1.18 bits per heavy atom. The molecule has 0 saturated carbocycles. The van der Waals surface area contributed by atoms with Gasteiger partial charge in [-0.3, -0.25) is 14.6 Å². The van der Waals surface area contributed by atoms with Gasteiger partial charge < -0.3 is 25.6 Å². The number of aromatic nitrogens is 1. The number of aromatic carboxylic acids is 1. The summed E-state index contributed by atoms with van der Waals surface area (Å²) in [6, 6.07) is 14.0. The lowest BCUT2D eigenvalue weighted by Gasteiger charge is -2.25. The van der Waals surface area contributed by atoms with Crippen molar-refractivity contribution in [2.45, 2.75) is 31.0 Å². The topological polar surface area (TPSA) is 143 Å². The molecule has 0 bridgehead atoms. The van der Waals surface area contributed by atoms with Crippen LogP contribution in [0, 0.1) is 0 Å². The number of ketones is 1. The Bertz CT molecular complexity index is 1230. The SMILES string of the molecule is NC(Cc1cccc(O)c1)C(=O)N1CCC2OCC(=O)C21.O=C(O)c1ccc2ncccc2c1. The van der Waals surface area contributed by atoms with Gasteiger partial charge in [0, 0.05) is 18.1 Å². The number of carboxylic acids is 1. The van der Waals surface area contributed by atoms with E-state index in [4.69, 9.17) is 15.6 Å². The Morgan fingerprint density at radius 3 is 2.76 bits per heavy atom. The summed E-state index contributed by atoms with van der Waals surface area (Å²) in [6.45, 7) is 0.592. The summed E-state index contributed by atoms with van der Waals surface area (Å²) in [4.78, 5) is 40.5. The zero-order chi connectivity index (χ0) is 24.2. The average Bonchev–Trinajstić information content (AvgIpc) is 3.41. The number of rotatable bonds is 4. The molecule has 3 heterocycles. The molecule has 1 aromatic heterocycles. The standard InChI is InChI=1S/C15H18N2O4.C10H7NO2/c16-11(7-9-2-1-3-10(18)6-9)15(20)17-5-4-13-14(17)12(19)8-21-13;12-10(13)8-3-4-9-7(6-8)2-1-5-11-9/h1-3,6,11,13-14,18H,4-5,7-8,16H2;1-6H,(H,12,13). The summed E-state index contributed by atoms with van der Waals surface area (Å²) in [7, 11) is 0. The number of phenols is 1. The van der Waals surface area contributed by atoms with Crippen molar-refractivity contribution in [1.82, 2.24) is 9.88 Å². The summed E-state index contributed by atoms with van der Waals surface area (Å²) in [5.74, 6) is -1.04. The summed E-state index contributed by atoms with van der Waals surface area (Å²) in [5, 5.41) is 19.0. The van der Waals surface area contributed by atoms with Crippen molar-refractivity contribution >= 4 is 28.6 Å². The van der Waals surface area contributed by atoms with Crippen molar-refractivity contribution < 1.29 is 29.3 Å². The van der Waals surface area contributed by atoms with Gasteiger partial charge in [-0.25, -0.2) is 4.79 Å². The Balaban J connectivity index is 0.000000180. The van der Waals surface area contributed by atoms with Gasteiger partial charge in [-0.15, -0.1) is 0 Å². The van der Waals surface area contributed by atoms with Crippen LogP contribution in [0.15, 0.2) is 60.8 Å². The van der Waals surface area contributed by atoms with E-state index >= 15 is 0 Å². The molecule has 3 aromatic rings. The van der Waals surface area contributed by atoms with E-state index in [9.17, 15) is 19.5 Å². The number of likely N-dealkylation sites (tertiary alicyclic amines) is 1. The number of ether oxygens (including phenoxy) is 1. The number of carbonyl (C=O) groups is 3. The van der Waals surface area contributed by atoms with E-state index in [1.165, 1.54) is 0 Å². The molecule has 2 aliphatic heterocycles. The minimum absolute atomic E-state index is 0.0459. The first-order valence-corrected chi connectivity index (χ1v) is 10.9. The van der Waals surface area contributed by atoms with Crippen LogP contribution in [-0.2, 0) is 20.7 Å². The summed E-state index contributed by atoms with van der Waals surface area (Å²) >= 11 is 0. The van der Waals surface area contributed by atoms with E-state index in [0.29, 0.717) is 24.9 Å². The van der Waals surface area contributed by atoms with Crippen molar-refractivity contribution in [3.8, 4) is 5.75 Å². The van der Waals surface area contributed by atoms with Crippen molar-refractivity contribution in [3.05, 3.63) is 71.9 Å². The molecule has 1 amide bonds. The highest BCUT2D eigenvalue weighted by Crippen LogP contribution is 2.27. The van der Waals surface area contributed by atoms with Crippen molar-refractivity contribution in [2.75, 3.05) is 13.2 Å². The third kappa shape index (κ3) is 5.05. The molecule has 34 heavy (non-hydrogen) atoms. The lowest BCUT2D eigenvalue weighted by Crippen LogP contribution is -2.50. The maximum absolute atomic E-state index is 12.5. The fourth-order valence-electron chi connectivity index (χ4n) is 4.29. The van der Waals surface area contributed by atoms with Gasteiger partial charge in [0.25, 0.3) is 0 Å². The Labute approximate surface area is 195 Å². The monoisotopic (exact) mass is 463 g/mol. The molecule has 5 rings (SSSR count). The van der Waals surface area contributed by atoms with E-state index in [-0.39, 0.29) is 30.2 Å². The van der Waals surface area contributed by atoms with Crippen molar-refractivity contribution in [3.63, 3.8) is 0 Å². The first kappa shape index (κ1) is 23.3. The lowest BCUT2D eigenvalue weighted by atomic mass is 10.0. The molecule has 3 unspecified atom stereocenters. The normalized spacial score (nSPS) is 19.9. The smallest absolute Gasteiger partial charge is 0.335 e. The number of nitrogens with zero attached hydrogens (tertiary/aromatic N) is 2. The van der Waals surface area contributed by atoms with Crippen molar-refractivity contribution in [1.29, 1.82) is 0 Å². The molecule has 0 spiro atoms. The molecule has 176 valence electrons. The molecular weight excluding hydrogens is 438 g/mol. The van der Waals surface area contributed by atoms with E-state index in [2.05, 4.69) is 4.98 Å². The van der Waals surface area contributed by atoms with E-state index in [1.807, 2.05) is 12.1 Å². The average molecular weight is 463 g/mol. The summed E-state index contributed by atoms with van der Waals surface area (Å²) < 4.78 is 5.37. The van der Waals surface area contributed by atoms with Gasteiger partial charge in [0.15, 0.2) is 5.78 Å². The molecule has 4 N–H and O–H groups in total. The van der Waals surface area contributed by atoms with E-state index < -0.39 is 18.1 Å². The quantitative estimate of drug-likeness (QED) is 0.531. The predicted octanol–water partition coefficient (Wildman–Crippen LogP) is 1.76. The third-order valence-electron chi connectivity index (χ3n) is 5.93. The van der Waals surface area contributed by atoms with Crippen LogP contribution in [-0.4, -0.2) is 69.1 Å². The van der Waals surface area contributed by atoms with Crippen molar-refractivity contribution in [2.24, 2.45) is 5.73 Å². The molecule has 0 radical (unpaired) electrons. The number of fused-ring (bicyclic) bond motifs is 2. The maximum atomic E-state index is 12.5. The zero-order valence-electron chi connectivity index (χ0n) is 18.3. The largest absolute Gasteiger partial charge is 0.508 e. The van der Waals surface area contributed by atoms with Gasteiger partial charge in [0.1, 0.15) is 18.4 Å². The van der Waals surface area contributed by atoms with Gasteiger partial charge in [-0.1, -0.05) is 18.2 Å². The number of hydrogen-bond acceptors (Lipinski definition) is 7. The van der Waals surface area contributed by atoms with Crippen LogP contribution in [0.3, 0.4) is 0 Å². The fraction of sp³-hybridized carbons (Fsp3) is 0.280. The van der Waals surface area contributed by atoms with Crippen LogP contribution in [0.5, 0.6) is 5.75 Å². The number of pyridine rings is 1. The molecule has 9 nitrogen and oxygen atoms in total. The van der Waals surface area contributed by atoms with Crippen LogP contribution >= 0.6 is 0 Å². The maximum Gasteiger partial charge on any atom is 0.335 e. The van der Waals surface area contributed by atoms with Crippen LogP contribution in [0.2, 0.25) is 0 Å². The molecule has 9 heteroatoms. The second kappa shape index (κ2) is 9.98. The molecule has 2 saturated heterocycles. The molecule has 2 fully saturated rings. The lowest BCUT2D eigenvalue weighted by molar-refractivity contribution is -0.137. The second-order valence-corrected chi connectivity index (χ2v) is 8.28. The number of amides is 1. The molecule has 0 aliphatic carbocycles. The molecule has 2 aliphatic rings. The second-order valence-electron chi connectivity index (χ2n) is 8.28. The number of Topliss-reactive ketones (excluding diaryl/α,β-unsaturated/α-hetero) is 1. The number of nitrogens with two attached hydrogens (primary N) is 1. The number of carbonyl (C=O) groups excluding carboxylic acids is 2. The highest BCUT2D eigenvalue weighted by molar-refractivity contribution is 5.94. The van der Waals surface area contributed by atoms with Gasteiger partial charge in [-0.2, -0.15) is 0 Å². The van der Waals surface area contributed by atoms with Crippen LogP contribution < -0.4 is 5.73 Å². The number of aromatic hydroxyl groups is 1. The summed E-state index contributed by atoms with van der Waals surface area (Å²) in [5.41, 5.74) is 7.88. The van der Waals surface area contributed by atoms with Gasteiger partial charge in [0.05, 0.1) is 23.2 Å². The highest BCUT2D eigenvalue weighted by Gasteiger charge is 2.47. The first-order chi connectivity index (χ1) is 16.3. The number of carboxylic acid groups (broad SMARTS) is 1. The Morgan fingerprint density at radius 2 is 2.00 bits per heavy atom. The van der Waals surface area contributed by atoms with Crippen LogP contribution in [0.1, 0.15) is 22.3 Å².